The minimum Gasteiger partial charge on any atom is -0.368 e. The number of amides is 1. The normalized spacial score (nSPS) is 31.2. The Morgan fingerprint density at radius 2 is 2.27 bits per heavy atom. The largest absolute Gasteiger partial charge is 0.368 e. The van der Waals surface area contributed by atoms with Crippen LogP contribution in [0.4, 0.5) is 0 Å². The molecule has 2 N–H and O–H groups in total. The van der Waals surface area contributed by atoms with Gasteiger partial charge in [0.05, 0.1) is 0 Å². The topological polar surface area (TPSA) is 46.3 Å². The number of carbonyl (C=O) groups is 1. The smallest absolute Gasteiger partial charge is 0.238 e. The predicted molar refractivity (Wildman–Crippen MR) is 47.6 cm³/mol. The minimum atomic E-state index is -0.370. The maximum atomic E-state index is 11.1. The monoisotopic (exact) mass is 174 g/mol. The molecule has 1 rings (SSSR count). The van der Waals surface area contributed by atoms with Crippen LogP contribution in [-0.2, 0) is 4.79 Å². The molecule has 0 bridgehead atoms. The van der Waals surface area contributed by atoms with E-state index in [2.05, 4.69) is 0 Å². The average Bonchev–Trinajstić information content (AvgIpc) is 2.34. The van der Waals surface area contributed by atoms with Gasteiger partial charge in [0.2, 0.25) is 5.91 Å². The Kier molecular flexibility index (Phi) is 2.44. The van der Waals surface area contributed by atoms with Crippen molar-refractivity contribution in [3.63, 3.8) is 0 Å². The summed E-state index contributed by atoms with van der Waals surface area (Å²) in [6.07, 6.45) is 0.889. The van der Waals surface area contributed by atoms with Gasteiger partial charge in [-0.1, -0.05) is 0 Å². The van der Waals surface area contributed by atoms with Crippen LogP contribution in [0.25, 0.3) is 0 Å². The van der Waals surface area contributed by atoms with Crippen molar-refractivity contribution in [1.29, 1.82) is 0 Å². The standard InChI is InChI=1S/C7H14N2OS/c1-9(2)7(6(8)10)3-4-11-5-7/h3-5H2,1-2H3,(H2,8,10). The fourth-order valence-corrected chi connectivity index (χ4v) is 2.83. The molecule has 0 radical (unpaired) electrons. The van der Waals surface area contributed by atoms with Gasteiger partial charge in [-0.2, -0.15) is 11.8 Å². The summed E-state index contributed by atoms with van der Waals surface area (Å²) in [5.74, 6) is 1.70. The first-order valence-corrected chi connectivity index (χ1v) is 4.80. The molecule has 1 atom stereocenters. The second-order valence-electron chi connectivity index (χ2n) is 3.09. The third-order valence-electron chi connectivity index (χ3n) is 2.32. The van der Waals surface area contributed by atoms with Crippen molar-refractivity contribution >= 4 is 17.7 Å². The van der Waals surface area contributed by atoms with Crippen molar-refractivity contribution < 1.29 is 4.79 Å². The van der Waals surface area contributed by atoms with Gasteiger partial charge in [0.15, 0.2) is 0 Å². The van der Waals surface area contributed by atoms with E-state index in [1.54, 1.807) is 11.8 Å². The highest BCUT2D eigenvalue weighted by molar-refractivity contribution is 7.99. The van der Waals surface area contributed by atoms with Crippen molar-refractivity contribution in [3.05, 3.63) is 0 Å². The van der Waals surface area contributed by atoms with Crippen LogP contribution in [0.5, 0.6) is 0 Å². The van der Waals surface area contributed by atoms with Gasteiger partial charge in [-0.3, -0.25) is 9.69 Å². The number of carbonyl (C=O) groups excluding carboxylic acids is 1. The zero-order chi connectivity index (χ0) is 8.48. The minimum absolute atomic E-state index is 0.187. The number of nitrogens with zero attached hydrogens (tertiary/aromatic N) is 1. The van der Waals surface area contributed by atoms with Crippen LogP contribution < -0.4 is 5.73 Å². The SMILES string of the molecule is CN(C)C1(C(N)=O)CCSC1. The molecule has 0 aromatic carbocycles. The molecule has 0 spiro atoms. The molecule has 1 unspecified atom stereocenters. The number of primary amides is 1. The molecule has 4 heteroatoms. The van der Waals surface area contributed by atoms with E-state index in [-0.39, 0.29) is 11.4 Å². The Bertz CT molecular complexity index is 164. The number of likely N-dealkylation sites (N-methyl/N-ethyl adjacent to an activating group) is 1. The number of hydrogen-bond acceptors (Lipinski definition) is 3. The lowest BCUT2D eigenvalue weighted by molar-refractivity contribution is -0.127. The van der Waals surface area contributed by atoms with Crippen molar-refractivity contribution in [2.45, 2.75) is 12.0 Å². The van der Waals surface area contributed by atoms with E-state index in [9.17, 15) is 4.79 Å². The van der Waals surface area contributed by atoms with Crippen molar-refractivity contribution in [2.24, 2.45) is 5.73 Å². The van der Waals surface area contributed by atoms with Gasteiger partial charge < -0.3 is 5.73 Å². The van der Waals surface area contributed by atoms with Gasteiger partial charge in [0.25, 0.3) is 0 Å². The maximum absolute atomic E-state index is 11.1. The molecule has 3 nitrogen and oxygen atoms in total. The van der Waals surface area contributed by atoms with Gasteiger partial charge >= 0.3 is 0 Å². The van der Waals surface area contributed by atoms with Crippen molar-refractivity contribution in [1.82, 2.24) is 4.90 Å². The van der Waals surface area contributed by atoms with E-state index >= 15 is 0 Å². The summed E-state index contributed by atoms with van der Waals surface area (Å²) in [7, 11) is 3.83. The molecular weight excluding hydrogens is 160 g/mol. The highest BCUT2D eigenvalue weighted by Crippen LogP contribution is 2.31. The number of hydrogen-bond donors (Lipinski definition) is 1. The number of thioether (sulfide) groups is 1. The van der Waals surface area contributed by atoms with Gasteiger partial charge in [-0.25, -0.2) is 0 Å². The van der Waals surface area contributed by atoms with Crippen LogP contribution in [0.3, 0.4) is 0 Å². The first kappa shape index (κ1) is 8.87. The van der Waals surface area contributed by atoms with E-state index in [1.807, 2.05) is 19.0 Å². The van der Waals surface area contributed by atoms with Crippen LogP contribution >= 0.6 is 11.8 Å². The Balaban J connectivity index is 2.79. The van der Waals surface area contributed by atoms with E-state index < -0.39 is 0 Å². The molecule has 1 fully saturated rings. The van der Waals surface area contributed by atoms with Crippen LogP contribution in [-0.4, -0.2) is 41.9 Å². The summed E-state index contributed by atoms with van der Waals surface area (Å²) in [6, 6.07) is 0. The average molecular weight is 174 g/mol. The van der Waals surface area contributed by atoms with Crippen LogP contribution in [0.1, 0.15) is 6.42 Å². The molecule has 1 saturated heterocycles. The predicted octanol–water partition coefficient (Wildman–Crippen LogP) is -0.0910. The van der Waals surface area contributed by atoms with Crippen LogP contribution in [0.2, 0.25) is 0 Å². The van der Waals surface area contributed by atoms with Crippen molar-refractivity contribution in [2.75, 3.05) is 25.6 Å². The first-order valence-electron chi connectivity index (χ1n) is 3.65. The van der Waals surface area contributed by atoms with E-state index in [1.165, 1.54) is 0 Å². The van der Waals surface area contributed by atoms with Gasteiger partial charge in [0.1, 0.15) is 5.54 Å². The molecule has 1 heterocycles. The molecule has 1 aliphatic rings. The van der Waals surface area contributed by atoms with Gasteiger partial charge in [-0.05, 0) is 26.3 Å². The lowest BCUT2D eigenvalue weighted by Gasteiger charge is -2.31. The fraction of sp³-hybridized carbons (Fsp3) is 0.857. The van der Waals surface area contributed by atoms with Crippen LogP contribution in [0, 0.1) is 0 Å². The molecule has 64 valence electrons. The summed E-state index contributed by atoms with van der Waals surface area (Å²) in [5, 5.41) is 0. The Morgan fingerprint density at radius 3 is 2.45 bits per heavy atom. The molecule has 0 saturated carbocycles. The molecule has 0 aromatic rings. The zero-order valence-corrected chi connectivity index (χ0v) is 7.78. The zero-order valence-electron chi connectivity index (χ0n) is 6.96. The fourth-order valence-electron chi connectivity index (χ4n) is 1.32. The molecule has 11 heavy (non-hydrogen) atoms. The van der Waals surface area contributed by atoms with E-state index in [0.717, 1.165) is 17.9 Å². The number of nitrogens with two attached hydrogens (primary N) is 1. The Morgan fingerprint density at radius 1 is 1.64 bits per heavy atom. The maximum Gasteiger partial charge on any atom is 0.238 e. The van der Waals surface area contributed by atoms with Gasteiger partial charge in [-0.15, -0.1) is 0 Å². The Hall–Kier alpha value is -0.220. The summed E-state index contributed by atoms with van der Waals surface area (Å²) >= 11 is 1.80. The van der Waals surface area contributed by atoms with E-state index in [4.69, 9.17) is 5.73 Å². The first-order chi connectivity index (χ1) is 5.09. The summed E-state index contributed by atoms with van der Waals surface area (Å²) in [5.41, 5.74) is 4.97. The highest BCUT2D eigenvalue weighted by Gasteiger charge is 2.41. The number of rotatable bonds is 2. The highest BCUT2D eigenvalue weighted by atomic mass is 32.2. The van der Waals surface area contributed by atoms with Gasteiger partial charge in [0, 0.05) is 5.75 Å². The quantitative estimate of drug-likeness (QED) is 0.636. The second-order valence-corrected chi connectivity index (χ2v) is 4.20. The third-order valence-corrected chi connectivity index (χ3v) is 3.49. The van der Waals surface area contributed by atoms with Crippen molar-refractivity contribution in [3.8, 4) is 0 Å². The van der Waals surface area contributed by atoms with E-state index in [0.29, 0.717) is 0 Å². The third kappa shape index (κ3) is 1.37. The summed E-state index contributed by atoms with van der Waals surface area (Å²) in [4.78, 5) is 13.1. The molecule has 1 aliphatic heterocycles. The molecule has 0 aliphatic carbocycles. The molecule has 1 amide bonds. The second kappa shape index (κ2) is 3.03. The van der Waals surface area contributed by atoms with Crippen LogP contribution in [0.15, 0.2) is 0 Å². The molecule has 0 aromatic heterocycles. The summed E-state index contributed by atoms with van der Waals surface area (Å²) < 4.78 is 0. The lowest BCUT2D eigenvalue weighted by Crippen LogP contribution is -2.54. The Labute approximate surface area is 71.3 Å². The lowest BCUT2D eigenvalue weighted by atomic mass is 9.97. The molecular formula is C7H14N2OS. The summed E-state index contributed by atoms with van der Waals surface area (Å²) in [6.45, 7) is 0.